The maximum absolute atomic E-state index is 6.03. The van der Waals surface area contributed by atoms with Crippen LogP contribution in [0.4, 0.5) is 5.69 Å². The summed E-state index contributed by atoms with van der Waals surface area (Å²) in [5, 5.41) is 3.16. The van der Waals surface area contributed by atoms with Gasteiger partial charge in [-0.3, -0.25) is 4.90 Å². The highest BCUT2D eigenvalue weighted by atomic mass is 79.9. The number of nitrogens with two attached hydrogens (primary N) is 1. The van der Waals surface area contributed by atoms with E-state index in [2.05, 4.69) is 39.3 Å². The molecule has 0 saturated heterocycles. The first kappa shape index (κ1) is 15.1. The van der Waals surface area contributed by atoms with Crippen LogP contribution in [0.2, 0.25) is 10.0 Å². The van der Waals surface area contributed by atoms with Crippen molar-refractivity contribution < 1.29 is 0 Å². The summed E-state index contributed by atoms with van der Waals surface area (Å²) >= 11 is 17.2. The lowest BCUT2D eigenvalue weighted by atomic mass is 10.2. The molecule has 19 heavy (non-hydrogen) atoms. The van der Waals surface area contributed by atoms with Crippen LogP contribution in [0.1, 0.15) is 11.1 Å². The van der Waals surface area contributed by atoms with Gasteiger partial charge in [0.2, 0.25) is 0 Å². The number of hydrogen-bond donors (Lipinski definition) is 1. The number of rotatable bonds is 4. The average Bonchev–Trinajstić information content (AvgIpc) is 2.71. The Morgan fingerprint density at radius 1 is 1.16 bits per heavy atom. The quantitative estimate of drug-likeness (QED) is 0.754. The van der Waals surface area contributed by atoms with Crippen LogP contribution in [0.3, 0.4) is 0 Å². The highest BCUT2D eigenvalue weighted by Crippen LogP contribution is 2.29. The molecular weight excluding hydrogens is 367 g/mol. The van der Waals surface area contributed by atoms with Gasteiger partial charge in [0.1, 0.15) is 0 Å². The number of nitrogens with zero attached hydrogens (tertiary/aromatic N) is 1. The van der Waals surface area contributed by atoms with E-state index in [0.29, 0.717) is 15.7 Å². The van der Waals surface area contributed by atoms with Crippen LogP contribution in [0.15, 0.2) is 27.4 Å². The molecule has 0 fully saturated rings. The fraction of sp³-hybridized carbons (Fsp3) is 0.231. The van der Waals surface area contributed by atoms with E-state index in [9.17, 15) is 0 Å². The van der Waals surface area contributed by atoms with Crippen molar-refractivity contribution in [1.29, 1.82) is 0 Å². The molecule has 2 rings (SSSR count). The summed E-state index contributed by atoms with van der Waals surface area (Å²) in [5.74, 6) is 0. The van der Waals surface area contributed by atoms with Crippen molar-refractivity contribution in [2.75, 3.05) is 12.8 Å². The number of anilines is 1. The molecule has 0 radical (unpaired) electrons. The molecule has 0 aliphatic heterocycles. The lowest BCUT2D eigenvalue weighted by molar-refractivity contribution is 0.319. The van der Waals surface area contributed by atoms with E-state index in [-0.39, 0.29) is 0 Å². The molecule has 0 aliphatic rings. The monoisotopic (exact) mass is 378 g/mol. The Balaban J connectivity index is 2.04. The molecule has 1 aromatic carbocycles. The summed E-state index contributed by atoms with van der Waals surface area (Å²) in [6.45, 7) is 1.65. The topological polar surface area (TPSA) is 29.3 Å². The Labute approximate surface area is 135 Å². The Bertz CT molecular complexity index is 563. The van der Waals surface area contributed by atoms with E-state index in [0.717, 1.165) is 22.4 Å². The fourth-order valence-electron chi connectivity index (χ4n) is 1.84. The minimum Gasteiger partial charge on any atom is -0.396 e. The summed E-state index contributed by atoms with van der Waals surface area (Å²) in [4.78, 5) is 2.20. The first-order chi connectivity index (χ1) is 8.95. The van der Waals surface area contributed by atoms with Crippen LogP contribution in [0.25, 0.3) is 0 Å². The van der Waals surface area contributed by atoms with Crippen LogP contribution < -0.4 is 5.73 Å². The highest BCUT2D eigenvalue weighted by molar-refractivity contribution is 9.11. The molecule has 6 heteroatoms. The van der Waals surface area contributed by atoms with Crippen molar-refractivity contribution in [2.24, 2.45) is 0 Å². The Kier molecular flexibility index (Phi) is 5.15. The van der Waals surface area contributed by atoms with Crippen LogP contribution in [-0.4, -0.2) is 11.9 Å². The average molecular weight is 380 g/mol. The maximum atomic E-state index is 6.03. The number of thiophene rings is 1. The maximum Gasteiger partial charge on any atom is 0.0701 e. The predicted octanol–water partition coefficient (Wildman–Crippen LogP) is 5.03. The Morgan fingerprint density at radius 3 is 2.26 bits per heavy atom. The first-order valence-electron chi connectivity index (χ1n) is 5.60. The first-order valence-corrected chi connectivity index (χ1v) is 8.03. The van der Waals surface area contributed by atoms with E-state index in [1.807, 2.05) is 12.1 Å². The van der Waals surface area contributed by atoms with Gasteiger partial charge in [-0.25, -0.2) is 0 Å². The molecule has 0 saturated carbocycles. The van der Waals surface area contributed by atoms with Gasteiger partial charge in [0, 0.05) is 13.1 Å². The van der Waals surface area contributed by atoms with Crippen molar-refractivity contribution in [2.45, 2.75) is 13.1 Å². The Hall–Kier alpha value is -0.260. The molecule has 2 nitrogen and oxygen atoms in total. The summed E-state index contributed by atoms with van der Waals surface area (Å²) in [7, 11) is 2.06. The van der Waals surface area contributed by atoms with Gasteiger partial charge in [-0.05, 0) is 57.7 Å². The molecule has 1 aromatic heterocycles. The van der Waals surface area contributed by atoms with Crippen molar-refractivity contribution in [3.63, 3.8) is 0 Å². The molecule has 0 bridgehead atoms. The van der Waals surface area contributed by atoms with Crippen molar-refractivity contribution in [3.8, 4) is 0 Å². The van der Waals surface area contributed by atoms with Gasteiger partial charge in [-0.15, -0.1) is 11.3 Å². The van der Waals surface area contributed by atoms with Crippen molar-refractivity contribution in [3.05, 3.63) is 48.5 Å². The minimum absolute atomic E-state index is 0.441. The van der Waals surface area contributed by atoms with E-state index < -0.39 is 0 Å². The lowest BCUT2D eigenvalue weighted by Gasteiger charge is -2.16. The van der Waals surface area contributed by atoms with Gasteiger partial charge >= 0.3 is 0 Å². The standard InChI is InChI=1S/C13H13BrCl2N2S/c1-18(6-9-4-12(14)19-7-9)5-8-2-10(15)13(17)11(16)3-8/h2-4,7H,5-6,17H2,1H3. The molecular formula is C13H13BrCl2N2S. The lowest BCUT2D eigenvalue weighted by Crippen LogP contribution is -2.16. The second kappa shape index (κ2) is 6.46. The summed E-state index contributed by atoms with van der Waals surface area (Å²) in [6, 6.07) is 5.86. The van der Waals surface area contributed by atoms with Gasteiger partial charge in [-0.1, -0.05) is 23.2 Å². The Morgan fingerprint density at radius 2 is 1.74 bits per heavy atom. The SMILES string of the molecule is CN(Cc1csc(Br)c1)Cc1cc(Cl)c(N)c(Cl)c1. The van der Waals surface area contributed by atoms with E-state index in [4.69, 9.17) is 28.9 Å². The van der Waals surface area contributed by atoms with Gasteiger partial charge < -0.3 is 5.73 Å². The second-order valence-electron chi connectivity index (χ2n) is 4.40. The zero-order valence-corrected chi connectivity index (χ0v) is 14.2. The molecule has 1 heterocycles. The van der Waals surface area contributed by atoms with Crippen LogP contribution in [0.5, 0.6) is 0 Å². The van der Waals surface area contributed by atoms with Gasteiger partial charge in [-0.2, -0.15) is 0 Å². The predicted molar refractivity (Wildman–Crippen MR) is 88.1 cm³/mol. The van der Waals surface area contributed by atoms with Crippen LogP contribution in [-0.2, 0) is 13.1 Å². The molecule has 2 N–H and O–H groups in total. The largest absolute Gasteiger partial charge is 0.396 e. The number of nitrogen functional groups attached to an aromatic ring is 1. The minimum atomic E-state index is 0.441. The summed E-state index contributed by atoms with van der Waals surface area (Å²) in [6.07, 6.45) is 0. The highest BCUT2D eigenvalue weighted by Gasteiger charge is 2.08. The zero-order chi connectivity index (χ0) is 14.0. The molecule has 2 aromatic rings. The normalized spacial score (nSPS) is 11.2. The molecule has 0 spiro atoms. The van der Waals surface area contributed by atoms with Gasteiger partial charge in [0.15, 0.2) is 0 Å². The van der Waals surface area contributed by atoms with E-state index in [1.54, 1.807) is 11.3 Å². The van der Waals surface area contributed by atoms with E-state index in [1.165, 1.54) is 5.56 Å². The van der Waals surface area contributed by atoms with E-state index >= 15 is 0 Å². The van der Waals surface area contributed by atoms with Gasteiger partial charge in [0.05, 0.1) is 19.5 Å². The number of halogens is 3. The number of benzene rings is 1. The zero-order valence-electron chi connectivity index (χ0n) is 10.3. The van der Waals surface area contributed by atoms with Crippen LogP contribution in [0, 0.1) is 0 Å². The smallest absolute Gasteiger partial charge is 0.0701 e. The van der Waals surface area contributed by atoms with Crippen LogP contribution >= 0.6 is 50.5 Å². The molecule has 0 aliphatic carbocycles. The summed E-state index contributed by atoms with van der Waals surface area (Å²) in [5.41, 5.74) is 8.51. The van der Waals surface area contributed by atoms with Gasteiger partial charge in [0.25, 0.3) is 0 Å². The summed E-state index contributed by atoms with van der Waals surface area (Å²) < 4.78 is 1.15. The molecule has 0 amide bonds. The van der Waals surface area contributed by atoms with Crippen molar-refractivity contribution in [1.82, 2.24) is 4.90 Å². The molecule has 0 atom stereocenters. The third kappa shape index (κ3) is 4.10. The second-order valence-corrected chi connectivity index (χ2v) is 7.51. The molecule has 102 valence electrons. The fourth-order valence-corrected chi connectivity index (χ4v) is 3.57. The number of hydrogen-bond acceptors (Lipinski definition) is 3. The third-order valence-corrected chi connectivity index (χ3v) is 4.84. The molecule has 0 unspecified atom stereocenters. The third-order valence-electron chi connectivity index (χ3n) is 2.67. The van der Waals surface area contributed by atoms with Crippen molar-refractivity contribution >= 4 is 56.2 Å².